The van der Waals surface area contributed by atoms with Gasteiger partial charge >= 0.3 is 5.97 Å². The van der Waals surface area contributed by atoms with Crippen LogP contribution in [-0.4, -0.2) is 17.0 Å². The van der Waals surface area contributed by atoms with Gasteiger partial charge in [-0.2, -0.15) is 0 Å². The molecule has 0 aromatic heterocycles. The minimum Gasteiger partial charge on any atom is -0.478 e. The van der Waals surface area contributed by atoms with Crippen molar-refractivity contribution < 1.29 is 14.7 Å². The summed E-state index contributed by atoms with van der Waals surface area (Å²) in [7, 11) is 0. The van der Waals surface area contributed by atoms with Crippen molar-refractivity contribution in [3.63, 3.8) is 0 Å². The van der Waals surface area contributed by atoms with E-state index < -0.39 is 5.97 Å². The van der Waals surface area contributed by atoms with E-state index in [1.165, 1.54) is 6.07 Å². The molecule has 0 fully saturated rings. The van der Waals surface area contributed by atoms with E-state index in [2.05, 4.69) is 5.32 Å². The lowest BCUT2D eigenvalue weighted by Gasteiger charge is -2.09. The molecular weight excluding hydrogens is 266 g/mol. The van der Waals surface area contributed by atoms with Crippen LogP contribution in [0.3, 0.4) is 0 Å². The summed E-state index contributed by atoms with van der Waals surface area (Å²) >= 11 is 0. The zero-order chi connectivity index (χ0) is 15.2. The Balaban J connectivity index is 2.00. The molecule has 0 unspecified atom stereocenters. The topological polar surface area (TPSA) is 66.4 Å². The summed E-state index contributed by atoms with van der Waals surface area (Å²) < 4.78 is 0. The quantitative estimate of drug-likeness (QED) is 0.886. The average molecular weight is 283 g/mol. The van der Waals surface area contributed by atoms with E-state index in [-0.39, 0.29) is 17.9 Å². The Hall–Kier alpha value is -2.62. The zero-order valence-electron chi connectivity index (χ0n) is 11.8. The molecule has 2 rings (SSSR count). The number of rotatable bonds is 5. The highest BCUT2D eigenvalue weighted by molar-refractivity contribution is 5.91. The summed E-state index contributed by atoms with van der Waals surface area (Å²) in [5, 5.41) is 11.9. The monoisotopic (exact) mass is 283 g/mol. The summed E-state index contributed by atoms with van der Waals surface area (Å²) in [6.07, 6.45) is 0.0638. The van der Waals surface area contributed by atoms with E-state index in [1.54, 1.807) is 18.2 Å². The van der Waals surface area contributed by atoms with Gasteiger partial charge in [0.15, 0.2) is 0 Å². The highest BCUT2D eigenvalue weighted by Crippen LogP contribution is 2.10. The van der Waals surface area contributed by atoms with Gasteiger partial charge in [0.2, 0.25) is 5.91 Å². The Labute approximate surface area is 123 Å². The van der Waals surface area contributed by atoms with Crippen LogP contribution in [0.15, 0.2) is 48.5 Å². The van der Waals surface area contributed by atoms with E-state index in [1.807, 2.05) is 31.2 Å². The molecular formula is C17H17NO3. The molecule has 2 aromatic carbocycles. The third-order valence-corrected chi connectivity index (χ3v) is 3.34. The Bertz CT molecular complexity index is 665. The molecule has 108 valence electrons. The minimum absolute atomic E-state index is 0.0638. The fourth-order valence-electron chi connectivity index (χ4n) is 2.12. The van der Waals surface area contributed by atoms with Crippen LogP contribution in [0.25, 0.3) is 0 Å². The lowest BCUT2D eigenvalue weighted by Crippen LogP contribution is -2.25. The molecule has 21 heavy (non-hydrogen) atoms. The maximum Gasteiger partial charge on any atom is 0.335 e. The van der Waals surface area contributed by atoms with Crippen molar-refractivity contribution in [1.29, 1.82) is 0 Å². The smallest absolute Gasteiger partial charge is 0.335 e. The Kier molecular flexibility index (Phi) is 4.72. The summed E-state index contributed by atoms with van der Waals surface area (Å²) in [6.45, 7) is 2.43. The van der Waals surface area contributed by atoms with Crippen LogP contribution in [-0.2, 0) is 17.8 Å². The van der Waals surface area contributed by atoms with E-state index in [0.717, 1.165) is 11.1 Å². The number of aromatic carboxylic acids is 1. The van der Waals surface area contributed by atoms with Crippen LogP contribution >= 0.6 is 0 Å². The molecule has 1 amide bonds. The van der Waals surface area contributed by atoms with Crippen molar-refractivity contribution in [2.75, 3.05) is 0 Å². The summed E-state index contributed by atoms with van der Waals surface area (Å²) in [5.41, 5.74) is 2.86. The maximum atomic E-state index is 12.0. The van der Waals surface area contributed by atoms with E-state index in [4.69, 9.17) is 5.11 Å². The van der Waals surface area contributed by atoms with Crippen LogP contribution < -0.4 is 5.32 Å². The molecule has 0 saturated carbocycles. The molecule has 4 heteroatoms. The number of amides is 1. The SMILES string of the molecule is Cc1ccccc1CNC(=O)Cc1ccccc1C(=O)O. The van der Waals surface area contributed by atoms with E-state index >= 15 is 0 Å². The summed E-state index contributed by atoms with van der Waals surface area (Å²) in [5.74, 6) is -1.20. The molecule has 0 aliphatic heterocycles. The van der Waals surface area contributed by atoms with Crippen molar-refractivity contribution in [3.8, 4) is 0 Å². The average Bonchev–Trinajstić information content (AvgIpc) is 2.47. The van der Waals surface area contributed by atoms with Crippen molar-refractivity contribution in [1.82, 2.24) is 5.32 Å². The Morgan fingerprint density at radius 2 is 1.62 bits per heavy atom. The van der Waals surface area contributed by atoms with Gasteiger partial charge < -0.3 is 10.4 Å². The first-order valence-electron chi connectivity index (χ1n) is 6.70. The van der Waals surface area contributed by atoms with Gasteiger partial charge in [0, 0.05) is 6.54 Å². The normalized spacial score (nSPS) is 10.1. The minimum atomic E-state index is -1.02. The maximum absolute atomic E-state index is 12.0. The molecule has 0 atom stereocenters. The van der Waals surface area contributed by atoms with Gasteiger partial charge in [0.05, 0.1) is 12.0 Å². The van der Waals surface area contributed by atoms with Crippen LogP contribution in [0, 0.1) is 6.92 Å². The van der Waals surface area contributed by atoms with Gasteiger partial charge in [0.1, 0.15) is 0 Å². The molecule has 0 bridgehead atoms. The number of nitrogens with one attached hydrogen (secondary N) is 1. The summed E-state index contributed by atoms with van der Waals surface area (Å²) in [6, 6.07) is 14.4. The zero-order valence-corrected chi connectivity index (χ0v) is 11.8. The second kappa shape index (κ2) is 6.70. The number of hydrogen-bond acceptors (Lipinski definition) is 2. The summed E-state index contributed by atoms with van der Waals surface area (Å²) in [4.78, 5) is 23.1. The van der Waals surface area contributed by atoms with Crippen LogP contribution in [0.4, 0.5) is 0 Å². The number of benzene rings is 2. The molecule has 0 radical (unpaired) electrons. The largest absolute Gasteiger partial charge is 0.478 e. The second-order valence-corrected chi connectivity index (χ2v) is 4.84. The molecule has 0 saturated heterocycles. The number of carboxylic acids is 1. The molecule has 0 aliphatic carbocycles. The highest BCUT2D eigenvalue weighted by Gasteiger charge is 2.12. The standard InChI is InChI=1S/C17H17NO3/c1-12-6-2-3-8-14(12)11-18-16(19)10-13-7-4-5-9-15(13)17(20)21/h2-9H,10-11H2,1H3,(H,18,19)(H,20,21). The Morgan fingerprint density at radius 1 is 1.00 bits per heavy atom. The van der Waals surface area contributed by atoms with Crippen molar-refractivity contribution in [2.24, 2.45) is 0 Å². The molecule has 4 nitrogen and oxygen atoms in total. The predicted molar refractivity (Wildman–Crippen MR) is 80.1 cm³/mol. The van der Waals surface area contributed by atoms with Crippen LogP contribution in [0.1, 0.15) is 27.0 Å². The first kappa shape index (κ1) is 14.8. The van der Waals surface area contributed by atoms with Gasteiger partial charge in [-0.3, -0.25) is 4.79 Å². The number of carbonyl (C=O) groups is 2. The lowest BCUT2D eigenvalue weighted by atomic mass is 10.0. The number of carbonyl (C=O) groups excluding carboxylic acids is 1. The predicted octanol–water partition coefficient (Wildman–Crippen LogP) is 2.55. The molecule has 0 aliphatic rings. The molecule has 2 N–H and O–H groups in total. The fraction of sp³-hybridized carbons (Fsp3) is 0.176. The van der Waals surface area contributed by atoms with Crippen molar-refractivity contribution >= 4 is 11.9 Å². The Morgan fingerprint density at radius 3 is 2.29 bits per heavy atom. The van der Waals surface area contributed by atoms with Crippen LogP contribution in [0.2, 0.25) is 0 Å². The third kappa shape index (κ3) is 3.92. The van der Waals surface area contributed by atoms with Gasteiger partial charge in [-0.25, -0.2) is 4.79 Å². The molecule has 2 aromatic rings. The van der Waals surface area contributed by atoms with Crippen molar-refractivity contribution in [2.45, 2.75) is 19.9 Å². The molecule has 0 spiro atoms. The third-order valence-electron chi connectivity index (χ3n) is 3.34. The van der Waals surface area contributed by atoms with Gasteiger partial charge in [0.25, 0.3) is 0 Å². The van der Waals surface area contributed by atoms with E-state index in [9.17, 15) is 9.59 Å². The van der Waals surface area contributed by atoms with Crippen LogP contribution in [0.5, 0.6) is 0 Å². The first-order chi connectivity index (χ1) is 10.1. The number of hydrogen-bond donors (Lipinski definition) is 2. The van der Waals surface area contributed by atoms with E-state index in [0.29, 0.717) is 12.1 Å². The molecule has 0 heterocycles. The van der Waals surface area contributed by atoms with Gasteiger partial charge in [-0.15, -0.1) is 0 Å². The van der Waals surface area contributed by atoms with Gasteiger partial charge in [-0.05, 0) is 29.7 Å². The first-order valence-corrected chi connectivity index (χ1v) is 6.70. The van der Waals surface area contributed by atoms with Crippen molar-refractivity contribution in [3.05, 3.63) is 70.8 Å². The number of aryl methyl sites for hydroxylation is 1. The number of carboxylic acid groups (broad SMARTS) is 1. The fourth-order valence-corrected chi connectivity index (χ4v) is 2.12. The lowest BCUT2D eigenvalue weighted by molar-refractivity contribution is -0.120. The van der Waals surface area contributed by atoms with Gasteiger partial charge in [-0.1, -0.05) is 42.5 Å². The second-order valence-electron chi connectivity index (χ2n) is 4.84. The highest BCUT2D eigenvalue weighted by atomic mass is 16.4.